The molecule has 3 aromatic rings. The summed E-state index contributed by atoms with van der Waals surface area (Å²) >= 11 is 0. The molecule has 3 aliphatic carbocycles. The second kappa shape index (κ2) is 4.67. The summed E-state index contributed by atoms with van der Waals surface area (Å²) in [6, 6.07) is 13.8. The number of fused-ring (bicyclic) bond motifs is 1. The van der Waals surface area contributed by atoms with Gasteiger partial charge in [-0.05, 0) is 85.7 Å². The molecule has 0 spiro atoms. The average Bonchev–Trinajstić information content (AvgIpc) is 2.49. The zero-order chi connectivity index (χ0) is 15.6. The smallest absolute Gasteiger partial charge is 0.0780 e. The van der Waals surface area contributed by atoms with E-state index in [0.717, 1.165) is 17.5 Å². The molecule has 23 heavy (non-hydrogen) atoms. The molecule has 0 radical (unpaired) electrons. The van der Waals surface area contributed by atoms with Crippen molar-refractivity contribution in [2.75, 3.05) is 0 Å². The zero-order valence-electron chi connectivity index (χ0n) is 13.8. The fraction of sp³-hybridized carbons (Fsp3) is 0.318. The normalized spacial score (nSPS) is 21.8. The van der Waals surface area contributed by atoms with Crippen molar-refractivity contribution >= 4 is 10.8 Å². The van der Waals surface area contributed by atoms with Gasteiger partial charge in [0.2, 0.25) is 0 Å². The molecule has 114 valence electrons. The Morgan fingerprint density at radius 2 is 1.74 bits per heavy atom. The number of rotatable bonds is 1. The molecule has 0 aliphatic heterocycles. The number of aromatic nitrogens is 1. The van der Waals surface area contributed by atoms with Crippen molar-refractivity contribution in [2.24, 2.45) is 5.92 Å². The monoisotopic (exact) mass is 299 g/mol. The molecule has 1 saturated carbocycles. The van der Waals surface area contributed by atoms with Crippen LogP contribution < -0.4 is 0 Å². The van der Waals surface area contributed by atoms with E-state index in [9.17, 15) is 0 Å². The van der Waals surface area contributed by atoms with Gasteiger partial charge in [0, 0.05) is 17.1 Å². The lowest BCUT2D eigenvalue weighted by Gasteiger charge is -2.42. The quantitative estimate of drug-likeness (QED) is 0.572. The van der Waals surface area contributed by atoms with Crippen molar-refractivity contribution < 1.29 is 0 Å². The van der Waals surface area contributed by atoms with Crippen LogP contribution in [0.4, 0.5) is 0 Å². The van der Waals surface area contributed by atoms with Crippen LogP contribution in [0.5, 0.6) is 0 Å². The van der Waals surface area contributed by atoms with Gasteiger partial charge >= 0.3 is 0 Å². The van der Waals surface area contributed by atoms with E-state index in [0.29, 0.717) is 0 Å². The fourth-order valence-electron chi connectivity index (χ4n) is 4.65. The summed E-state index contributed by atoms with van der Waals surface area (Å²) in [5, 5.41) is 2.66. The lowest BCUT2D eigenvalue weighted by Crippen LogP contribution is -2.30. The van der Waals surface area contributed by atoms with E-state index in [1.54, 1.807) is 11.1 Å². The summed E-state index contributed by atoms with van der Waals surface area (Å²) in [6.45, 7) is 4.33. The van der Waals surface area contributed by atoms with Gasteiger partial charge in [-0.25, -0.2) is 0 Å². The van der Waals surface area contributed by atoms with Crippen LogP contribution in [0.25, 0.3) is 22.0 Å². The van der Waals surface area contributed by atoms with Crippen LogP contribution in [0.1, 0.15) is 41.0 Å². The van der Waals surface area contributed by atoms with Crippen LogP contribution in [0.2, 0.25) is 0 Å². The molecule has 6 rings (SSSR count). The molecule has 1 heteroatoms. The fourth-order valence-corrected chi connectivity index (χ4v) is 4.65. The predicted molar refractivity (Wildman–Crippen MR) is 95.8 cm³/mol. The van der Waals surface area contributed by atoms with Gasteiger partial charge in [-0.1, -0.05) is 23.3 Å². The van der Waals surface area contributed by atoms with Crippen molar-refractivity contribution in [1.82, 2.24) is 4.98 Å². The molecule has 0 saturated heterocycles. The van der Waals surface area contributed by atoms with Gasteiger partial charge in [0.25, 0.3) is 0 Å². The highest BCUT2D eigenvalue weighted by Crippen LogP contribution is 2.50. The van der Waals surface area contributed by atoms with E-state index in [4.69, 9.17) is 4.98 Å². The van der Waals surface area contributed by atoms with Crippen molar-refractivity contribution in [3.05, 3.63) is 64.8 Å². The van der Waals surface area contributed by atoms with Crippen LogP contribution in [-0.4, -0.2) is 4.98 Å². The number of nitrogens with zero attached hydrogens (tertiary/aromatic N) is 1. The number of hydrogen-bond acceptors (Lipinski definition) is 1. The molecule has 1 aromatic heterocycles. The van der Waals surface area contributed by atoms with Crippen LogP contribution in [0.15, 0.2) is 42.6 Å². The highest BCUT2D eigenvalue weighted by molar-refractivity contribution is 5.95. The molecule has 1 fully saturated rings. The lowest BCUT2D eigenvalue weighted by atomic mass is 9.62. The third kappa shape index (κ3) is 2.03. The van der Waals surface area contributed by atoms with Crippen molar-refractivity contribution in [2.45, 2.75) is 39.0 Å². The van der Waals surface area contributed by atoms with Crippen molar-refractivity contribution in [3.63, 3.8) is 0 Å². The first kappa shape index (κ1) is 13.3. The van der Waals surface area contributed by atoms with E-state index < -0.39 is 0 Å². The van der Waals surface area contributed by atoms with E-state index in [-0.39, 0.29) is 0 Å². The molecule has 2 bridgehead atoms. The second-order valence-corrected chi connectivity index (χ2v) is 7.55. The maximum Gasteiger partial charge on any atom is 0.0780 e. The number of benzene rings is 2. The lowest BCUT2D eigenvalue weighted by molar-refractivity contribution is 0.238. The Hall–Kier alpha value is -2.15. The Bertz CT molecular complexity index is 912. The SMILES string of the molecule is Cc1cc(C)cc(-c2nccc3cc4c(cc23)C2CC(C4)C2)c1. The Morgan fingerprint density at radius 3 is 2.52 bits per heavy atom. The summed E-state index contributed by atoms with van der Waals surface area (Å²) in [5.74, 6) is 1.76. The van der Waals surface area contributed by atoms with Crippen LogP contribution in [0, 0.1) is 19.8 Å². The maximum atomic E-state index is 4.75. The topological polar surface area (TPSA) is 12.9 Å². The first-order valence-electron chi connectivity index (χ1n) is 8.67. The molecule has 1 nitrogen and oxygen atoms in total. The molecule has 0 atom stereocenters. The first-order valence-corrected chi connectivity index (χ1v) is 8.67. The molecular weight excluding hydrogens is 278 g/mol. The minimum absolute atomic E-state index is 0.806. The predicted octanol–water partition coefficient (Wildman–Crippen LogP) is 5.57. The Labute approximate surface area is 137 Å². The summed E-state index contributed by atoms with van der Waals surface area (Å²) in [6.07, 6.45) is 6.05. The number of hydrogen-bond donors (Lipinski definition) is 0. The van der Waals surface area contributed by atoms with Gasteiger partial charge in [0.1, 0.15) is 0 Å². The zero-order valence-corrected chi connectivity index (χ0v) is 13.8. The highest BCUT2D eigenvalue weighted by Gasteiger charge is 2.37. The molecule has 0 N–H and O–H groups in total. The molecular formula is C22H21N. The Morgan fingerprint density at radius 1 is 0.957 bits per heavy atom. The van der Waals surface area contributed by atoms with E-state index in [1.165, 1.54) is 46.7 Å². The van der Waals surface area contributed by atoms with Crippen LogP contribution in [-0.2, 0) is 6.42 Å². The van der Waals surface area contributed by atoms with Gasteiger partial charge in [-0.15, -0.1) is 0 Å². The summed E-state index contributed by atoms with van der Waals surface area (Å²) in [5.41, 5.74) is 8.17. The van der Waals surface area contributed by atoms with E-state index in [2.05, 4.69) is 50.2 Å². The minimum atomic E-state index is 0.806. The average molecular weight is 299 g/mol. The second-order valence-electron chi connectivity index (χ2n) is 7.55. The van der Waals surface area contributed by atoms with E-state index in [1.807, 2.05) is 6.20 Å². The molecule has 3 aliphatic rings. The Kier molecular flexibility index (Phi) is 2.70. The third-order valence-electron chi connectivity index (χ3n) is 5.70. The molecule has 0 unspecified atom stereocenters. The van der Waals surface area contributed by atoms with E-state index >= 15 is 0 Å². The third-order valence-corrected chi connectivity index (χ3v) is 5.70. The number of aryl methyl sites for hydroxylation is 2. The summed E-state index contributed by atoms with van der Waals surface area (Å²) < 4.78 is 0. The van der Waals surface area contributed by atoms with Gasteiger partial charge in [-0.2, -0.15) is 0 Å². The van der Waals surface area contributed by atoms with Crippen molar-refractivity contribution in [1.29, 1.82) is 0 Å². The largest absolute Gasteiger partial charge is 0.256 e. The number of pyridine rings is 1. The molecule has 1 heterocycles. The van der Waals surface area contributed by atoms with Crippen LogP contribution in [0.3, 0.4) is 0 Å². The van der Waals surface area contributed by atoms with Crippen molar-refractivity contribution in [3.8, 4) is 11.3 Å². The maximum absolute atomic E-state index is 4.75. The summed E-state index contributed by atoms with van der Waals surface area (Å²) in [7, 11) is 0. The molecule has 0 amide bonds. The van der Waals surface area contributed by atoms with Gasteiger partial charge in [0.05, 0.1) is 5.69 Å². The van der Waals surface area contributed by atoms with Gasteiger partial charge in [-0.3, -0.25) is 4.98 Å². The van der Waals surface area contributed by atoms with Crippen LogP contribution >= 0.6 is 0 Å². The highest BCUT2D eigenvalue weighted by atomic mass is 14.7. The molecule has 2 aromatic carbocycles. The van der Waals surface area contributed by atoms with Gasteiger partial charge in [0.15, 0.2) is 0 Å². The Balaban J connectivity index is 1.77. The standard InChI is InChI=1S/C22H21N/c1-13-5-14(2)7-19(6-13)22-21-12-20-17-8-15(9-17)10-18(20)11-16(21)3-4-23-22/h3-7,11-12,15,17H,8-10H2,1-2H3. The van der Waals surface area contributed by atoms with Gasteiger partial charge < -0.3 is 0 Å². The minimum Gasteiger partial charge on any atom is -0.256 e. The first-order chi connectivity index (χ1) is 11.2. The summed E-state index contributed by atoms with van der Waals surface area (Å²) in [4.78, 5) is 4.75.